The number of rotatable bonds is 5. The average molecular weight is 278 g/mol. The van der Waals surface area contributed by atoms with Gasteiger partial charge in [-0.2, -0.15) is 0 Å². The van der Waals surface area contributed by atoms with Gasteiger partial charge < -0.3 is 10.1 Å². The number of aryl methyl sites for hydroxylation is 1. The van der Waals surface area contributed by atoms with Gasteiger partial charge in [0.1, 0.15) is 0 Å². The van der Waals surface area contributed by atoms with E-state index in [0.29, 0.717) is 17.7 Å². The number of nitrogens with one attached hydrogen (secondary N) is 1. The molecule has 0 amide bonds. The van der Waals surface area contributed by atoms with Crippen LogP contribution in [0.25, 0.3) is 0 Å². The zero-order valence-electron chi connectivity index (χ0n) is 12.1. The predicted octanol–water partition coefficient (Wildman–Crippen LogP) is 3.66. The van der Waals surface area contributed by atoms with Gasteiger partial charge in [-0.25, -0.2) is 0 Å². The molecule has 1 aliphatic heterocycles. The molecular weight excluding hydrogens is 256 g/mol. The van der Waals surface area contributed by atoms with E-state index < -0.39 is 0 Å². The first-order valence-electron chi connectivity index (χ1n) is 7.23. The van der Waals surface area contributed by atoms with Crippen LogP contribution < -0.4 is 5.32 Å². The van der Waals surface area contributed by atoms with E-state index in [-0.39, 0.29) is 10.6 Å². The van der Waals surface area contributed by atoms with Crippen molar-refractivity contribution in [1.82, 2.24) is 0 Å². The number of nitro groups is 1. The molecule has 2 unspecified atom stereocenters. The van der Waals surface area contributed by atoms with Gasteiger partial charge >= 0.3 is 0 Å². The van der Waals surface area contributed by atoms with E-state index in [0.717, 1.165) is 38.0 Å². The highest BCUT2D eigenvalue weighted by Crippen LogP contribution is 2.25. The van der Waals surface area contributed by atoms with E-state index in [9.17, 15) is 10.1 Å². The lowest BCUT2D eigenvalue weighted by molar-refractivity contribution is -0.385. The molecule has 0 radical (unpaired) electrons. The normalized spacial score (nSPS) is 22.5. The molecule has 20 heavy (non-hydrogen) atoms. The Kier molecular flexibility index (Phi) is 4.95. The second-order valence-electron chi connectivity index (χ2n) is 5.41. The molecule has 110 valence electrons. The zero-order valence-corrected chi connectivity index (χ0v) is 12.1. The van der Waals surface area contributed by atoms with Crippen molar-refractivity contribution >= 4 is 11.4 Å². The fraction of sp³-hybridized carbons (Fsp3) is 0.600. The lowest BCUT2D eigenvalue weighted by Gasteiger charge is -2.30. The van der Waals surface area contributed by atoms with Crippen LogP contribution in [0.5, 0.6) is 0 Å². The van der Waals surface area contributed by atoms with Crippen molar-refractivity contribution in [2.24, 2.45) is 0 Å². The summed E-state index contributed by atoms with van der Waals surface area (Å²) in [6.07, 6.45) is 4.42. The highest BCUT2D eigenvalue weighted by molar-refractivity contribution is 5.55. The minimum atomic E-state index is -0.329. The van der Waals surface area contributed by atoms with Crippen LogP contribution >= 0.6 is 0 Å². The van der Waals surface area contributed by atoms with E-state index in [4.69, 9.17) is 4.74 Å². The van der Waals surface area contributed by atoms with Crippen LogP contribution in [0.15, 0.2) is 18.2 Å². The third kappa shape index (κ3) is 3.70. The second kappa shape index (κ2) is 6.70. The Morgan fingerprint density at radius 3 is 3.00 bits per heavy atom. The first-order chi connectivity index (χ1) is 9.60. The maximum Gasteiger partial charge on any atom is 0.274 e. The van der Waals surface area contributed by atoms with Gasteiger partial charge in [-0.05, 0) is 32.3 Å². The largest absolute Gasteiger partial charge is 0.382 e. The molecule has 0 bridgehead atoms. The van der Waals surface area contributed by atoms with Crippen LogP contribution in [0.2, 0.25) is 0 Å². The van der Waals surface area contributed by atoms with Crippen LogP contribution in [0.1, 0.15) is 38.2 Å². The van der Waals surface area contributed by atoms with Crippen molar-refractivity contribution in [2.75, 3.05) is 11.9 Å². The maximum atomic E-state index is 11.0. The lowest BCUT2D eigenvalue weighted by Crippen LogP contribution is -2.34. The minimum Gasteiger partial charge on any atom is -0.382 e. The van der Waals surface area contributed by atoms with Gasteiger partial charge in [-0.1, -0.05) is 19.4 Å². The van der Waals surface area contributed by atoms with Gasteiger partial charge in [0.15, 0.2) is 0 Å². The fourth-order valence-electron chi connectivity index (χ4n) is 2.67. The summed E-state index contributed by atoms with van der Waals surface area (Å²) >= 11 is 0. The first-order valence-corrected chi connectivity index (χ1v) is 7.23. The van der Waals surface area contributed by atoms with Crippen LogP contribution in [-0.2, 0) is 4.74 Å². The molecule has 5 heteroatoms. The number of hydrogen-bond donors (Lipinski definition) is 1. The minimum absolute atomic E-state index is 0.173. The third-order valence-corrected chi connectivity index (χ3v) is 3.75. The van der Waals surface area contributed by atoms with E-state index in [1.165, 1.54) is 0 Å². The van der Waals surface area contributed by atoms with Crippen LogP contribution in [0, 0.1) is 17.0 Å². The molecule has 0 aromatic heterocycles. The molecule has 1 N–H and O–H groups in total. The summed E-state index contributed by atoms with van der Waals surface area (Å²) in [7, 11) is 0. The summed E-state index contributed by atoms with van der Waals surface area (Å²) in [4.78, 5) is 10.6. The predicted molar refractivity (Wildman–Crippen MR) is 79.1 cm³/mol. The highest BCUT2D eigenvalue weighted by Gasteiger charge is 2.22. The summed E-state index contributed by atoms with van der Waals surface area (Å²) in [6, 6.07) is 5.66. The van der Waals surface area contributed by atoms with Gasteiger partial charge in [0.25, 0.3) is 5.69 Å². The molecule has 1 saturated heterocycles. The van der Waals surface area contributed by atoms with Crippen LogP contribution in [0.3, 0.4) is 0 Å². The average Bonchev–Trinajstić information content (AvgIpc) is 2.41. The van der Waals surface area contributed by atoms with Crippen LogP contribution in [0.4, 0.5) is 11.4 Å². The van der Waals surface area contributed by atoms with E-state index in [1.54, 1.807) is 19.1 Å². The number of anilines is 1. The SMILES string of the molecule is CCCC1CC(Nc2ccc(C)c([N+](=O)[O-])c2)CCO1. The highest BCUT2D eigenvalue weighted by atomic mass is 16.6. The van der Waals surface area contributed by atoms with Crippen molar-refractivity contribution in [3.63, 3.8) is 0 Å². The molecule has 5 nitrogen and oxygen atoms in total. The topological polar surface area (TPSA) is 64.4 Å². The van der Waals surface area contributed by atoms with Crippen molar-refractivity contribution < 1.29 is 9.66 Å². The van der Waals surface area contributed by atoms with E-state index >= 15 is 0 Å². The second-order valence-corrected chi connectivity index (χ2v) is 5.41. The Bertz CT molecular complexity index is 474. The van der Waals surface area contributed by atoms with E-state index in [2.05, 4.69) is 12.2 Å². The fourth-order valence-corrected chi connectivity index (χ4v) is 2.67. The Balaban J connectivity index is 2.02. The summed E-state index contributed by atoms with van der Waals surface area (Å²) < 4.78 is 5.72. The Hall–Kier alpha value is -1.62. The van der Waals surface area contributed by atoms with Crippen molar-refractivity contribution in [3.05, 3.63) is 33.9 Å². The Morgan fingerprint density at radius 2 is 2.30 bits per heavy atom. The lowest BCUT2D eigenvalue weighted by atomic mass is 9.99. The smallest absolute Gasteiger partial charge is 0.274 e. The first kappa shape index (κ1) is 14.8. The van der Waals surface area contributed by atoms with Gasteiger partial charge in [0.2, 0.25) is 0 Å². The van der Waals surface area contributed by atoms with Crippen LogP contribution in [-0.4, -0.2) is 23.7 Å². The molecule has 0 spiro atoms. The van der Waals surface area contributed by atoms with Crippen molar-refractivity contribution in [2.45, 2.75) is 51.7 Å². The number of ether oxygens (including phenoxy) is 1. The molecule has 0 saturated carbocycles. The molecule has 1 heterocycles. The van der Waals surface area contributed by atoms with Gasteiger partial charge in [0.05, 0.1) is 11.0 Å². The molecule has 1 fully saturated rings. The summed E-state index contributed by atoms with van der Waals surface area (Å²) in [5.74, 6) is 0. The van der Waals surface area contributed by atoms with Gasteiger partial charge in [-0.3, -0.25) is 10.1 Å². The number of hydrogen-bond acceptors (Lipinski definition) is 4. The monoisotopic (exact) mass is 278 g/mol. The van der Waals surface area contributed by atoms with Gasteiger partial charge in [0, 0.05) is 30.0 Å². The summed E-state index contributed by atoms with van der Waals surface area (Å²) in [5, 5.41) is 14.4. The molecular formula is C15H22N2O3. The molecule has 2 atom stereocenters. The Morgan fingerprint density at radius 1 is 1.50 bits per heavy atom. The van der Waals surface area contributed by atoms with Crippen molar-refractivity contribution in [3.8, 4) is 0 Å². The number of nitro benzene ring substituents is 1. The number of nitrogens with zero attached hydrogens (tertiary/aromatic N) is 1. The Labute approximate surface area is 119 Å². The summed E-state index contributed by atoms with van der Waals surface area (Å²) in [6.45, 7) is 4.67. The van der Waals surface area contributed by atoms with Gasteiger partial charge in [-0.15, -0.1) is 0 Å². The molecule has 0 aliphatic carbocycles. The quantitative estimate of drug-likeness (QED) is 0.659. The molecule has 1 aromatic rings. The molecule has 2 rings (SSSR count). The standard InChI is InChI=1S/C15H22N2O3/c1-3-4-14-9-13(7-8-20-14)16-12-6-5-11(2)15(10-12)17(18)19/h5-6,10,13-14,16H,3-4,7-9H2,1-2H3. The van der Waals surface area contributed by atoms with E-state index in [1.807, 2.05) is 6.07 Å². The third-order valence-electron chi connectivity index (χ3n) is 3.75. The molecule has 1 aromatic carbocycles. The number of benzene rings is 1. The molecule has 1 aliphatic rings. The maximum absolute atomic E-state index is 11.0. The zero-order chi connectivity index (χ0) is 14.5. The summed E-state index contributed by atoms with van der Waals surface area (Å²) in [5.41, 5.74) is 1.69. The van der Waals surface area contributed by atoms with Crippen molar-refractivity contribution in [1.29, 1.82) is 0 Å².